The Labute approximate surface area is 48.5 Å². The minimum absolute atomic E-state index is 0.160. The molecule has 0 saturated heterocycles. The van der Waals surface area contributed by atoms with Crippen LogP contribution < -0.4 is 0 Å². The first-order valence-corrected chi connectivity index (χ1v) is 2.80. The van der Waals surface area contributed by atoms with Gasteiger partial charge in [-0.05, 0) is 6.42 Å². The fourth-order valence-corrected chi connectivity index (χ4v) is 0.888. The van der Waals surface area contributed by atoms with E-state index in [2.05, 4.69) is 0 Å². The first kappa shape index (κ1) is 5.79. The van der Waals surface area contributed by atoms with Crippen molar-refractivity contribution in [3.63, 3.8) is 0 Å². The van der Waals surface area contributed by atoms with Gasteiger partial charge in [0, 0.05) is 12.5 Å². The van der Waals surface area contributed by atoms with Gasteiger partial charge in [0.1, 0.15) is 0 Å². The Kier molecular flexibility index (Phi) is 1.65. The van der Waals surface area contributed by atoms with Crippen LogP contribution in [0.25, 0.3) is 0 Å². The van der Waals surface area contributed by atoms with Crippen molar-refractivity contribution in [3.05, 3.63) is 12.2 Å². The molecule has 0 bridgehead atoms. The van der Waals surface area contributed by atoms with E-state index in [0.717, 1.165) is 0 Å². The third kappa shape index (κ3) is 1.08. The predicted molar refractivity (Wildman–Crippen MR) is 30.3 cm³/mol. The lowest BCUT2D eigenvalue weighted by molar-refractivity contribution is 0.181. The van der Waals surface area contributed by atoms with Gasteiger partial charge in [-0.25, -0.2) is 0 Å². The molecule has 1 aliphatic carbocycles. The highest BCUT2D eigenvalue weighted by atomic mass is 16.3. The molecule has 2 nitrogen and oxygen atoms in total. The molecule has 0 aromatic carbocycles. The van der Waals surface area contributed by atoms with Crippen LogP contribution in [0.4, 0.5) is 0 Å². The van der Waals surface area contributed by atoms with Gasteiger partial charge in [0.05, 0.1) is 6.10 Å². The largest absolute Gasteiger partial charge is 0.396 e. The van der Waals surface area contributed by atoms with E-state index in [4.69, 9.17) is 10.2 Å². The van der Waals surface area contributed by atoms with Crippen molar-refractivity contribution in [1.82, 2.24) is 0 Å². The van der Waals surface area contributed by atoms with Crippen molar-refractivity contribution in [2.75, 3.05) is 6.61 Å². The summed E-state index contributed by atoms with van der Waals surface area (Å²) in [6.45, 7) is 0.160. The van der Waals surface area contributed by atoms with E-state index in [9.17, 15) is 0 Å². The van der Waals surface area contributed by atoms with Crippen molar-refractivity contribution in [2.45, 2.75) is 12.5 Å². The molecule has 0 aromatic heterocycles. The summed E-state index contributed by atoms with van der Waals surface area (Å²) in [7, 11) is 0. The first-order valence-electron chi connectivity index (χ1n) is 2.80. The zero-order valence-corrected chi connectivity index (χ0v) is 4.62. The van der Waals surface area contributed by atoms with Gasteiger partial charge in [0.15, 0.2) is 0 Å². The molecular formula is C6H10O2. The maximum atomic E-state index is 8.83. The molecule has 0 radical (unpaired) electrons. The van der Waals surface area contributed by atoms with Crippen LogP contribution >= 0.6 is 0 Å². The molecule has 1 rings (SSSR count). The fourth-order valence-electron chi connectivity index (χ4n) is 0.888. The third-order valence-electron chi connectivity index (χ3n) is 1.38. The van der Waals surface area contributed by atoms with Gasteiger partial charge < -0.3 is 10.2 Å². The van der Waals surface area contributed by atoms with Crippen LogP contribution in [0.5, 0.6) is 0 Å². The summed E-state index contributed by atoms with van der Waals surface area (Å²) in [6, 6.07) is 0. The van der Waals surface area contributed by atoms with E-state index in [-0.39, 0.29) is 18.6 Å². The Balaban J connectivity index is 2.34. The molecule has 0 unspecified atom stereocenters. The fraction of sp³-hybridized carbons (Fsp3) is 0.667. The number of aliphatic hydroxyl groups excluding tert-OH is 2. The van der Waals surface area contributed by atoms with Crippen molar-refractivity contribution >= 4 is 0 Å². The molecular weight excluding hydrogens is 104 g/mol. The Morgan fingerprint density at radius 2 is 2.25 bits per heavy atom. The van der Waals surface area contributed by atoms with E-state index in [1.807, 2.05) is 6.08 Å². The lowest BCUT2D eigenvalue weighted by Gasteiger charge is -2.01. The van der Waals surface area contributed by atoms with Gasteiger partial charge in [-0.1, -0.05) is 12.2 Å². The van der Waals surface area contributed by atoms with E-state index < -0.39 is 0 Å². The van der Waals surface area contributed by atoms with Crippen LogP contribution in [0.2, 0.25) is 0 Å². The molecule has 2 N–H and O–H groups in total. The average molecular weight is 114 g/mol. The Hall–Kier alpha value is -0.340. The molecule has 46 valence electrons. The standard InChI is InChI=1S/C6H10O2/c7-4-5-1-2-6(8)3-5/h1-2,5-8H,3-4H2/t5-,6-/m0/s1. The van der Waals surface area contributed by atoms with Crippen molar-refractivity contribution in [3.8, 4) is 0 Å². The van der Waals surface area contributed by atoms with Crippen LogP contribution in [0.15, 0.2) is 12.2 Å². The average Bonchev–Trinajstić information content (AvgIpc) is 2.14. The van der Waals surface area contributed by atoms with Gasteiger partial charge in [-0.15, -0.1) is 0 Å². The summed E-state index contributed by atoms with van der Waals surface area (Å²) in [5.74, 6) is 0.199. The Morgan fingerprint density at radius 3 is 2.50 bits per heavy atom. The number of aliphatic hydroxyl groups is 2. The van der Waals surface area contributed by atoms with Gasteiger partial charge >= 0.3 is 0 Å². The molecule has 2 atom stereocenters. The summed E-state index contributed by atoms with van der Waals surface area (Å²) < 4.78 is 0. The second-order valence-electron chi connectivity index (χ2n) is 2.13. The van der Waals surface area contributed by atoms with Crippen molar-refractivity contribution in [1.29, 1.82) is 0 Å². The summed E-state index contributed by atoms with van der Waals surface area (Å²) in [6.07, 6.45) is 3.95. The SMILES string of the molecule is OC[C@H]1C=C[C@H](O)C1. The summed E-state index contributed by atoms with van der Waals surface area (Å²) in [5.41, 5.74) is 0. The molecule has 0 aromatic rings. The van der Waals surface area contributed by atoms with Crippen LogP contribution in [0.3, 0.4) is 0 Å². The van der Waals surface area contributed by atoms with Gasteiger partial charge in [-0.2, -0.15) is 0 Å². The highest BCUT2D eigenvalue weighted by molar-refractivity contribution is 5.01. The molecule has 0 heterocycles. The lowest BCUT2D eigenvalue weighted by Crippen LogP contribution is -2.04. The van der Waals surface area contributed by atoms with E-state index in [1.54, 1.807) is 6.08 Å². The van der Waals surface area contributed by atoms with E-state index in [0.29, 0.717) is 6.42 Å². The van der Waals surface area contributed by atoms with E-state index in [1.165, 1.54) is 0 Å². The number of rotatable bonds is 1. The highest BCUT2D eigenvalue weighted by Gasteiger charge is 2.14. The molecule has 0 amide bonds. The normalized spacial score (nSPS) is 36.2. The van der Waals surface area contributed by atoms with Gasteiger partial charge in [-0.3, -0.25) is 0 Å². The zero-order valence-electron chi connectivity index (χ0n) is 4.62. The molecule has 0 aliphatic heterocycles. The third-order valence-corrected chi connectivity index (χ3v) is 1.38. The van der Waals surface area contributed by atoms with Crippen LogP contribution in [-0.2, 0) is 0 Å². The predicted octanol–water partition coefficient (Wildman–Crippen LogP) is -0.0843. The highest BCUT2D eigenvalue weighted by Crippen LogP contribution is 2.15. The monoisotopic (exact) mass is 114 g/mol. The number of hydrogen-bond acceptors (Lipinski definition) is 2. The Morgan fingerprint density at radius 1 is 1.50 bits per heavy atom. The van der Waals surface area contributed by atoms with Crippen LogP contribution in [0.1, 0.15) is 6.42 Å². The smallest absolute Gasteiger partial charge is 0.0727 e. The van der Waals surface area contributed by atoms with Crippen molar-refractivity contribution in [2.24, 2.45) is 5.92 Å². The second-order valence-corrected chi connectivity index (χ2v) is 2.13. The van der Waals surface area contributed by atoms with Crippen LogP contribution in [0, 0.1) is 5.92 Å². The minimum atomic E-state index is -0.313. The lowest BCUT2D eigenvalue weighted by atomic mass is 10.1. The van der Waals surface area contributed by atoms with Crippen molar-refractivity contribution < 1.29 is 10.2 Å². The quantitative estimate of drug-likeness (QED) is 0.468. The maximum Gasteiger partial charge on any atom is 0.0727 e. The molecule has 2 heteroatoms. The number of hydrogen-bond donors (Lipinski definition) is 2. The second kappa shape index (κ2) is 2.29. The summed E-state index contributed by atoms with van der Waals surface area (Å²) >= 11 is 0. The van der Waals surface area contributed by atoms with Gasteiger partial charge in [0.2, 0.25) is 0 Å². The Bertz CT molecular complexity index is 98.7. The molecule has 0 fully saturated rings. The topological polar surface area (TPSA) is 40.5 Å². The molecule has 8 heavy (non-hydrogen) atoms. The minimum Gasteiger partial charge on any atom is -0.396 e. The maximum absolute atomic E-state index is 8.83. The molecule has 0 saturated carbocycles. The van der Waals surface area contributed by atoms with Crippen LogP contribution in [-0.4, -0.2) is 22.9 Å². The summed E-state index contributed by atoms with van der Waals surface area (Å²) in [5, 5.41) is 17.4. The molecule has 0 spiro atoms. The first-order chi connectivity index (χ1) is 3.83. The zero-order chi connectivity index (χ0) is 5.98. The molecule has 1 aliphatic rings. The van der Waals surface area contributed by atoms with Gasteiger partial charge in [0.25, 0.3) is 0 Å². The summed E-state index contributed by atoms with van der Waals surface area (Å²) in [4.78, 5) is 0. The van der Waals surface area contributed by atoms with E-state index >= 15 is 0 Å².